The molecule has 0 bridgehead atoms. The molecule has 0 aliphatic heterocycles. The SMILES string of the molecule is C=CCCC[Si](C)(O[Si](C)(C)ON(C)CC)O[Si](C)(C)O[Si](C)(C)[N+](O)(CC)CC. The second kappa shape index (κ2) is 12.0. The first-order valence-electron chi connectivity index (χ1n) is 11.2. The number of nitrogens with zero attached hydrogens (tertiary/aromatic N) is 2. The van der Waals surface area contributed by atoms with Crippen LogP contribution in [0.5, 0.6) is 0 Å². The molecule has 0 radical (unpaired) electrons. The van der Waals surface area contributed by atoms with Crippen LogP contribution < -0.4 is 0 Å². The van der Waals surface area contributed by atoms with Gasteiger partial charge in [-0.1, -0.05) is 13.0 Å². The van der Waals surface area contributed by atoms with Crippen LogP contribution in [-0.2, 0) is 16.9 Å². The van der Waals surface area contributed by atoms with Crippen molar-refractivity contribution in [1.82, 2.24) is 5.06 Å². The standard InChI is InChI=1S/C19H49N2O5Si4/c1-13-17-18-19-30(12,25-28(8,9)23-20(5)14-2)26-29(10,11)24-27(6,7)21(22,15-3)16-4/h13,22H,1,14-19H2,2-12H3/q+1. The molecule has 180 valence electrons. The molecule has 11 heteroatoms. The van der Waals surface area contributed by atoms with Crippen LogP contribution >= 0.6 is 0 Å². The molecule has 0 amide bonds. The zero-order chi connectivity index (χ0) is 23.9. The summed E-state index contributed by atoms with van der Waals surface area (Å²) in [5, 5.41) is 12.9. The molecule has 7 nitrogen and oxygen atoms in total. The molecular weight excluding hydrogens is 449 g/mol. The summed E-state index contributed by atoms with van der Waals surface area (Å²) < 4.78 is 26.3. The summed E-state index contributed by atoms with van der Waals surface area (Å²) in [6.07, 6.45) is 3.84. The summed E-state index contributed by atoms with van der Waals surface area (Å²) in [6.45, 7) is 26.5. The van der Waals surface area contributed by atoms with E-state index in [0.29, 0.717) is 13.1 Å². The highest BCUT2D eigenvalue weighted by Gasteiger charge is 2.54. The maximum atomic E-state index is 11.1. The summed E-state index contributed by atoms with van der Waals surface area (Å²) in [5.74, 6) is 0. The number of allylic oxidation sites excluding steroid dienone is 1. The Bertz CT molecular complexity index is 533. The lowest BCUT2D eigenvalue weighted by Gasteiger charge is -2.45. The van der Waals surface area contributed by atoms with Crippen molar-refractivity contribution in [2.24, 2.45) is 0 Å². The average molecular weight is 498 g/mol. The van der Waals surface area contributed by atoms with E-state index in [9.17, 15) is 5.21 Å². The Balaban J connectivity index is 5.63. The third-order valence-corrected chi connectivity index (χ3v) is 21.3. The maximum Gasteiger partial charge on any atom is 0.453 e. The summed E-state index contributed by atoms with van der Waals surface area (Å²) in [4.78, 5) is 0. The van der Waals surface area contributed by atoms with Crippen LogP contribution in [0.4, 0.5) is 0 Å². The van der Waals surface area contributed by atoms with E-state index in [2.05, 4.69) is 59.3 Å². The third-order valence-electron chi connectivity index (χ3n) is 5.33. The fourth-order valence-electron chi connectivity index (χ4n) is 3.88. The van der Waals surface area contributed by atoms with Gasteiger partial charge in [0.1, 0.15) is 0 Å². The van der Waals surface area contributed by atoms with Crippen molar-refractivity contribution in [3.05, 3.63) is 12.7 Å². The van der Waals surface area contributed by atoms with Crippen LogP contribution in [0.2, 0.25) is 51.9 Å². The van der Waals surface area contributed by atoms with Crippen LogP contribution in [0.15, 0.2) is 12.7 Å². The second-order valence-electron chi connectivity index (χ2n) is 9.46. The van der Waals surface area contributed by atoms with Crippen LogP contribution in [0.25, 0.3) is 0 Å². The molecule has 1 atom stereocenters. The van der Waals surface area contributed by atoms with E-state index >= 15 is 0 Å². The lowest BCUT2D eigenvalue weighted by atomic mass is 10.3. The molecule has 0 heterocycles. The molecule has 1 N–H and O–H groups in total. The Labute approximate surface area is 190 Å². The lowest BCUT2D eigenvalue weighted by Crippen LogP contribution is -2.69. The Morgan fingerprint density at radius 2 is 1.40 bits per heavy atom. The summed E-state index contributed by atoms with van der Waals surface area (Å²) >= 11 is 0. The van der Waals surface area contributed by atoms with Crippen molar-refractivity contribution in [3.63, 3.8) is 0 Å². The van der Waals surface area contributed by atoms with Gasteiger partial charge in [0.15, 0.2) is 0 Å². The van der Waals surface area contributed by atoms with Crippen LogP contribution in [0.1, 0.15) is 33.6 Å². The molecule has 0 saturated carbocycles. The van der Waals surface area contributed by atoms with Crippen LogP contribution in [0, 0.1) is 0 Å². The van der Waals surface area contributed by atoms with E-state index in [-0.39, 0.29) is 4.31 Å². The van der Waals surface area contributed by atoms with Gasteiger partial charge in [-0.15, -0.1) is 6.58 Å². The third kappa shape index (κ3) is 9.86. The highest BCUT2D eigenvalue weighted by atomic mass is 28.5. The minimum atomic E-state index is -2.58. The van der Waals surface area contributed by atoms with Crippen molar-refractivity contribution in [1.29, 1.82) is 0 Å². The van der Waals surface area contributed by atoms with E-state index in [0.717, 1.165) is 25.4 Å². The molecule has 0 aliphatic carbocycles. The van der Waals surface area contributed by atoms with Gasteiger partial charge >= 0.3 is 34.2 Å². The van der Waals surface area contributed by atoms with Gasteiger partial charge in [-0.25, -0.2) is 14.6 Å². The van der Waals surface area contributed by atoms with E-state index in [1.54, 1.807) is 0 Å². The molecule has 0 aromatic rings. The predicted octanol–water partition coefficient (Wildman–Crippen LogP) is 5.31. The Hall–Kier alpha value is 0.328. The van der Waals surface area contributed by atoms with E-state index in [1.165, 1.54) is 0 Å². The number of unbranched alkanes of at least 4 members (excludes halogenated alkanes) is 1. The Kier molecular flexibility index (Phi) is 12.1. The van der Waals surface area contributed by atoms with Crippen molar-refractivity contribution in [2.75, 3.05) is 26.7 Å². The van der Waals surface area contributed by atoms with Crippen LogP contribution in [-0.4, -0.2) is 75.4 Å². The molecule has 0 saturated heterocycles. The molecule has 0 aromatic heterocycles. The summed E-state index contributed by atoms with van der Waals surface area (Å²) in [7, 11) is -8.13. The largest absolute Gasteiger partial charge is 0.453 e. The molecule has 30 heavy (non-hydrogen) atoms. The summed E-state index contributed by atoms with van der Waals surface area (Å²) in [5.41, 5.74) is 0. The minimum Gasteiger partial charge on any atom is -0.416 e. The average Bonchev–Trinajstić information content (AvgIpc) is 2.57. The van der Waals surface area contributed by atoms with Gasteiger partial charge in [0, 0.05) is 26.7 Å². The van der Waals surface area contributed by atoms with Crippen molar-refractivity contribution >= 4 is 34.2 Å². The second-order valence-corrected chi connectivity index (χ2v) is 24.2. The maximum absolute atomic E-state index is 11.1. The van der Waals surface area contributed by atoms with Gasteiger partial charge in [0.2, 0.25) is 0 Å². The van der Waals surface area contributed by atoms with Gasteiger partial charge in [-0.3, -0.25) is 0 Å². The highest BCUT2D eigenvalue weighted by Crippen LogP contribution is 2.31. The van der Waals surface area contributed by atoms with Crippen molar-refractivity contribution < 1.29 is 26.4 Å². The monoisotopic (exact) mass is 497 g/mol. The minimum absolute atomic E-state index is 0.0208. The van der Waals surface area contributed by atoms with Crippen molar-refractivity contribution in [2.45, 2.75) is 85.5 Å². The predicted molar refractivity (Wildman–Crippen MR) is 134 cm³/mol. The number of rotatable bonds is 16. The molecule has 0 aromatic carbocycles. The number of hydrogen-bond donors (Lipinski definition) is 1. The first kappa shape index (κ1) is 30.3. The number of quaternary nitrogens is 1. The van der Waals surface area contributed by atoms with E-state index in [4.69, 9.17) is 16.9 Å². The van der Waals surface area contributed by atoms with Crippen molar-refractivity contribution in [3.8, 4) is 0 Å². The zero-order valence-electron chi connectivity index (χ0n) is 21.5. The normalized spacial score (nSPS) is 16.0. The first-order chi connectivity index (χ1) is 13.5. The molecule has 0 aliphatic rings. The van der Waals surface area contributed by atoms with E-state index < -0.39 is 34.2 Å². The lowest BCUT2D eigenvalue weighted by molar-refractivity contribution is -1.03. The van der Waals surface area contributed by atoms with Gasteiger partial charge < -0.3 is 16.9 Å². The Morgan fingerprint density at radius 1 is 0.900 bits per heavy atom. The molecule has 0 spiro atoms. The first-order valence-corrected chi connectivity index (χ1v) is 22.2. The zero-order valence-corrected chi connectivity index (χ0v) is 25.5. The van der Waals surface area contributed by atoms with Gasteiger partial charge in [0.25, 0.3) is 0 Å². The molecule has 0 fully saturated rings. The van der Waals surface area contributed by atoms with Gasteiger partial charge in [-0.2, -0.15) is 0 Å². The fraction of sp³-hybridized carbons (Fsp3) is 0.895. The number of hydroxylamine groups is 4. The highest BCUT2D eigenvalue weighted by molar-refractivity contribution is 6.87. The molecule has 0 rings (SSSR count). The molecular formula is C19H49N2O5Si4+. The smallest absolute Gasteiger partial charge is 0.416 e. The molecule has 1 unspecified atom stereocenters. The quantitative estimate of drug-likeness (QED) is 0.135. The number of hydrogen-bond acceptors (Lipinski definition) is 6. The van der Waals surface area contributed by atoms with Gasteiger partial charge in [0.05, 0.1) is 13.1 Å². The Morgan fingerprint density at radius 3 is 1.83 bits per heavy atom. The van der Waals surface area contributed by atoms with Crippen LogP contribution in [0.3, 0.4) is 0 Å². The topological polar surface area (TPSA) is 60.4 Å². The van der Waals surface area contributed by atoms with Gasteiger partial charge in [-0.05, 0) is 65.5 Å². The fourth-order valence-corrected chi connectivity index (χ4v) is 23.0. The summed E-state index contributed by atoms with van der Waals surface area (Å²) in [6, 6.07) is 0.858. The van der Waals surface area contributed by atoms with E-state index in [1.807, 2.05) is 32.0 Å².